The predicted molar refractivity (Wildman–Crippen MR) is 99.9 cm³/mol. The Labute approximate surface area is 151 Å². The minimum absolute atomic E-state index is 0.440. The molecule has 25 heavy (non-hydrogen) atoms. The summed E-state index contributed by atoms with van der Waals surface area (Å²) < 4.78 is 0. The highest BCUT2D eigenvalue weighted by Crippen LogP contribution is 2.29. The van der Waals surface area contributed by atoms with Crippen LogP contribution in [0, 0.1) is 17.8 Å². The van der Waals surface area contributed by atoms with Gasteiger partial charge in [0.05, 0.1) is 0 Å². The van der Waals surface area contributed by atoms with Crippen molar-refractivity contribution in [1.29, 1.82) is 0 Å². The Morgan fingerprint density at radius 2 is 2.12 bits per heavy atom. The van der Waals surface area contributed by atoms with E-state index in [2.05, 4.69) is 37.0 Å². The molecular formula is C21H32O4. The van der Waals surface area contributed by atoms with Gasteiger partial charge in [-0.1, -0.05) is 57.4 Å². The quantitative estimate of drug-likeness (QED) is 0.226. The second-order valence-corrected chi connectivity index (χ2v) is 6.87. The minimum atomic E-state index is -2.75. The smallest absolute Gasteiger partial charge is 0.364 e. The number of carboxylic acids is 1. The molecule has 0 spiro atoms. The lowest BCUT2D eigenvalue weighted by molar-refractivity contribution is -0.214. The molecule has 0 amide bonds. The first-order valence-electron chi connectivity index (χ1n) is 9.32. The van der Waals surface area contributed by atoms with Crippen molar-refractivity contribution >= 4 is 5.97 Å². The Kier molecular flexibility index (Phi) is 9.51. The second-order valence-electron chi connectivity index (χ2n) is 6.87. The highest BCUT2D eigenvalue weighted by Gasteiger charge is 2.38. The second kappa shape index (κ2) is 11.1. The molecule has 3 atom stereocenters. The maximum Gasteiger partial charge on any atom is 0.364 e. The molecule has 0 heterocycles. The third kappa shape index (κ3) is 7.43. The molecule has 0 aromatic carbocycles. The molecule has 0 radical (unpaired) electrons. The lowest BCUT2D eigenvalue weighted by atomic mass is 9.91. The number of allylic oxidation sites excluding steroid dienone is 4. The van der Waals surface area contributed by atoms with Gasteiger partial charge in [0.1, 0.15) is 0 Å². The molecule has 3 N–H and O–H groups in total. The minimum Gasteiger partial charge on any atom is -0.477 e. The Bertz CT molecular complexity index is 524. The molecule has 0 bridgehead atoms. The average Bonchev–Trinajstić information content (AvgIpc) is 3.01. The van der Waals surface area contributed by atoms with Crippen molar-refractivity contribution in [2.45, 2.75) is 64.6 Å². The van der Waals surface area contributed by atoms with Gasteiger partial charge in [-0.05, 0) is 49.7 Å². The first-order chi connectivity index (χ1) is 11.9. The maximum atomic E-state index is 10.8. The topological polar surface area (TPSA) is 77.8 Å². The summed E-state index contributed by atoms with van der Waals surface area (Å²) in [4.78, 5) is 10.8. The van der Waals surface area contributed by atoms with Gasteiger partial charge < -0.3 is 15.3 Å². The lowest BCUT2D eigenvalue weighted by Crippen LogP contribution is -2.43. The maximum absolute atomic E-state index is 10.8. The van der Waals surface area contributed by atoms with Gasteiger partial charge in [0.15, 0.2) is 0 Å². The van der Waals surface area contributed by atoms with E-state index >= 15 is 0 Å². The van der Waals surface area contributed by atoms with Gasteiger partial charge in [0, 0.05) is 5.92 Å². The fourth-order valence-corrected chi connectivity index (χ4v) is 2.88. The molecule has 1 rings (SSSR count). The van der Waals surface area contributed by atoms with E-state index in [-0.39, 0.29) is 0 Å². The van der Waals surface area contributed by atoms with Gasteiger partial charge in [-0.15, -0.1) is 5.73 Å². The van der Waals surface area contributed by atoms with Gasteiger partial charge in [0.2, 0.25) is 0 Å². The molecule has 0 aromatic heterocycles. The SMILES string of the molecule is CCCCCCC=C[C@H]1C=CC[C@@H]1CC=C=CC(C)C(O)(O)C(=O)O. The molecule has 140 valence electrons. The van der Waals surface area contributed by atoms with E-state index in [4.69, 9.17) is 5.11 Å². The lowest BCUT2D eigenvalue weighted by Gasteiger charge is -2.20. The van der Waals surface area contributed by atoms with E-state index in [0.717, 1.165) is 19.3 Å². The molecule has 1 aliphatic carbocycles. The fraction of sp³-hybridized carbons (Fsp3) is 0.619. The molecule has 0 fully saturated rings. The number of hydrogen-bond donors (Lipinski definition) is 3. The van der Waals surface area contributed by atoms with E-state index in [0.29, 0.717) is 11.8 Å². The molecular weight excluding hydrogens is 316 g/mol. The zero-order chi connectivity index (χ0) is 18.7. The van der Waals surface area contributed by atoms with E-state index in [1.807, 2.05) is 6.08 Å². The van der Waals surface area contributed by atoms with E-state index in [9.17, 15) is 15.0 Å². The van der Waals surface area contributed by atoms with E-state index in [1.165, 1.54) is 38.7 Å². The molecule has 1 aliphatic rings. The first kappa shape index (κ1) is 21.4. The molecule has 4 heteroatoms. The van der Waals surface area contributed by atoms with Crippen LogP contribution in [-0.4, -0.2) is 27.1 Å². The van der Waals surface area contributed by atoms with Gasteiger partial charge in [-0.25, -0.2) is 4.79 Å². The fourth-order valence-electron chi connectivity index (χ4n) is 2.88. The molecule has 0 saturated carbocycles. The summed E-state index contributed by atoms with van der Waals surface area (Å²) in [6.07, 6.45) is 20.4. The number of carboxylic acid groups (broad SMARTS) is 1. The zero-order valence-corrected chi connectivity index (χ0v) is 15.4. The van der Waals surface area contributed by atoms with E-state index in [1.54, 1.807) is 0 Å². The van der Waals surface area contributed by atoms with Gasteiger partial charge >= 0.3 is 5.97 Å². The molecule has 1 unspecified atom stereocenters. The Morgan fingerprint density at radius 3 is 2.80 bits per heavy atom. The Hall–Kier alpha value is -1.61. The van der Waals surface area contributed by atoms with Crippen molar-refractivity contribution in [1.82, 2.24) is 0 Å². The highest BCUT2D eigenvalue weighted by molar-refractivity contribution is 5.75. The number of unbranched alkanes of at least 4 members (excludes halogenated alkanes) is 4. The predicted octanol–water partition coefficient (Wildman–Crippen LogP) is 4.21. The van der Waals surface area contributed by atoms with Crippen LogP contribution < -0.4 is 0 Å². The van der Waals surface area contributed by atoms with Crippen LogP contribution in [0.25, 0.3) is 0 Å². The van der Waals surface area contributed by atoms with Crippen molar-refractivity contribution in [3.8, 4) is 0 Å². The summed E-state index contributed by atoms with van der Waals surface area (Å²) in [5.74, 6) is -4.39. The summed E-state index contributed by atoms with van der Waals surface area (Å²) in [6, 6.07) is 0. The van der Waals surface area contributed by atoms with Crippen molar-refractivity contribution in [2.24, 2.45) is 17.8 Å². The summed E-state index contributed by atoms with van der Waals surface area (Å²) in [6.45, 7) is 3.66. The van der Waals surface area contributed by atoms with Crippen LogP contribution in [-0.2, 0) is 4.79 Å². The standard InChI is InChI=1S/C21H32O4/c1-3-4-5-6-7-8-13-18-15-11-16-19(18)14-10-9-12-17(2)21(24,25)20(22)23/h8,10-13,15,17-19,24-25H,3-7,14,16H2,1-2H3,(H,22,23)/t9?,17?,18-,19-/m0/s1. The summed E-state index contributed by atoms with van der Waals surface area (Å²) in [5, 5.41) is 27.6. The number of aliphatic hydroxyl groups is 2. The number of rotatable bonds is 11. The van der Waals surface area contributed by atoms with Crippen molar-refractivity contribution < 1.29 is 20.1 Å². The number of hydrogen-bond acceptors (Lipinski definition) is 3. The Balaban J connectivity index is 2.44. The molecule has 0 aromatic rings. The van der Waals surface area contributed by atoms with E-state index < -0.39 is 17.7 Å². The first-order valence-corrected chi connectivity index (χ1v) is 9.32. The van der Waals surface area contributed by atoms with Gasteiger partial charge in [-0.3, -0.25) is 0 Å². The number of aliphatic carboxylic acids is 1. The average molecular weight is 348 g/mol. The molecule has 0 aliphatic heterocycles. The van der Waals surface area contributed by atoms with Gasteiger partial charge in [0.25, 0.3) is 5.79 Å². The van der Waals surface area contributed by atoms with Crippen LogP contribution in [0.3, 0.4) is 0 Å². The normalized spacial score (nSPS) is 21.3. The van der Waals surface area contributed by atoms with Crippen LogP contribution >= 0.6 is 0 Å². The van der Waals surface area contributed by atoms with Crippen molar-refractivity contribution in [3.05, 3.63) is 42.2 Å². The molecule has 0 saturated heterocycles. The summed E-state index contributed by atoms with van der Waals surface area (Å²) in [5.41, 5.74) is 2.90. The largest absolute Gasteiger partial charge is 0.477 e. The Morgan fingerprint density at radius 1 is 1.36 bits per heavy atom. The van der Waals surface area contributed by atoms with Crippen LogP contribution in [0.1, 0.15) is 58.8 Å². The summed E-state index contributed by atoms with van der Waals surface area (Å²) >= 11 is 0. The van der Waals surface area contributed by atoms with Crippen LogP contribution in [0.2, 0.25) is 0 Å². The third-order valence-electron chi connectivity index (χ3n) is 4.76. The number of carbonyl (C=O) groups is 1. The van der Waals surface area contributed by atoms with Gasteiger partial charge in [-0.2, -0.15) is 0 Å². The van der Waals surface area contributed by atoms with Crippen molar-refractivity contribution in [2.75, 3.05) is 0 Å². The van der Waals surface area contributed by atoms with Crippen LogP contribution in [0.15, 0.2) is 42.2 Å². The zero-order valence-electron chi connectivity index (χ0n) is 15.4. The third-order valence-corrected chi connectivity index (χ3v) is 4.76. The van der Waals surface area contributed by atoms with Crippen LogP contribution in [0.4, 0.5) is 0 Å². The summed E-state index contributed by atoms with van der Waals surface area (Å²) in [7, 11) is 0. The van der Waals surface area contributed by atoms with Crippen LogP contribution in [0.5, 0.6) is 0 Å². The monoisotopic (exact) mass is 348 g/mol. The molecule has 4 nitrogen and oxygen atoms in total. The van der Waals surface area contributed by atoms with Crippen molar-refractivity contribution in [3.63, 3.8) is 0 Å². The highest BCUT2D eigenvalue weighted by atomic mass is 16.5.